The molecule has 2 amide bonds. The Morgan fingerprint density at radius 2 is 1.77 bits per heavy atom. The molecular weight excluding hydrogens is 705 g/mol. The average Bonchev–Trinajstić information content (AvgIpc) is 3.59. The van der Waals surface area contributed by atoms with E-state index in [0.717, 1.165) is 12.2 Å². The third-order valence-electron chi connectivity index (χ3n) is 7.82. The van der Waals surface area contributed by atoms with Gasteiger partial charge in [-0.2, -0.15) is 13.2 Å². The molecule has 1 heterocycles. The number of hydrogen-bond donors (Lipinski definition) is 3. The second kappa shape index (κ2) is 18.1. The molecule has 2 aliphatic rings. The van der Waals surface area contributed by atoms with Gasteiger partial charge in [-0.15, -0.1) is 0 Å². The Bertz CT molecular complexity index is 1720. The van der Waals surface area contributed by atoms with E-state index in [1.165, 1.54) is 18.2 Å². The average molecular weight is 747 g/mol. The highest BCUT2D eigenvalue weighted by Crippen LogP contribution is 2.31. The lowest BCUT2D eigenvalue weighted by molar-refractivity contribution is -0.182. The summed E-state index contributed by atoms with van der Waals surface area (Å²) in [6, 6.07) is 11.7. The third-order valence-corrected chi connectivity index (χ3v) is 7.82. The number of amides is 2. The first-order valence-corrected chi connectivity index (χ1v) is 16.7. The van der Waals surface area contributed by atoms with Crippen molar-refractivity contribution in [3.8, 4) is 0 Å². The second-order valence-electron chi connectivity index (χ2n) is 13.2. The lowest BCUT2D eigenvalue weighted by Gasteiger charge is -2.30. The molecule has 2 aromatic carbocycles. The van der Waals surface area contributed by atoms with Crippen LogP contribution in [0.15, 0.2) is 66.3 Å². The smallest absolute Gasteiger partial charge is 0.422 e. The number of ether oxygens (including phenoxy) is 5. The Morgan fingerprint density at radius 3 is 2.49 bits per heavy atom. The van der Waals surface area contributed by atoms with Crippen molar-refractivity contribution in [2.24, 2.45) is 0 Å². The van der Waals surface area contributed by atoms with Gasteiger partial charge in [0.1, 0.15) is 30.7 Å². The molecule has 0 spiro atoms. The molecule has 0 aromatic heterocycles. The molecule has 4 atom stereocenters. The number of benzene rings is 2. The van der Waals surface area contributed by atoms with Crippen LogP contribution in [0.25, 0.3) is 6.08 Å². The number of carbonyl (C=O) groups excluding carboxylic acids is 5. The number of aliphatic hydroxyl groups is 1. The van der Waals surface area contributed by atoms with Gasteiger partial charge in [0, 0.05) is 36.6 Å². The van der Waals surface area contributed by atoms with Gasteiger partial charge in [0.25, 0.3) is 5.91 Å². The van der Waals surface area contributed by atoms with Gasteiger partial charge in [-0.05, 0) is 68.7 Å². The van der Waals surface area contributed by atoms with E-state index in [9.17, 15) is 42.3 Å². The summed E-state index contributed by atoms with van der Waals surface area (Å²) in [6.07, 6.45) is -3.49. The number of nitrogens with one attached hydrogen (secondary N) is 2. The van der Waals surface area contributed by atoms with E-state index >= 15 is 0 Å². The summed E-state index contributed by atoms with van der Waals surface area (Å²) in [7, 11) is 0. The number of esters is 3. The van der Waals surface area contributed by atoms with Crippen molar-refractivity contribution in [2.45, 2.75) is 82.7 Å². The minimum Gasteiger partial charge on any atom is -0.460 e. The molecule has 286 valence electrons. The molecule has 1 saturated heterocycles. The van der Waals surface area contributed by atoms with E-state index in [1.807, 2.05) is 0 Å². The highest BCUT2D eigenvalue weighted by molar-refractivity contribution is 5.97. The number of alkyl halides is 3. The summed E-state index contributed by atoms with van der Waals surface area (Å²) in [5.41, 5.74) is 0.625. The molecule has 2 aromatic rings. The van der Waals surface area contributed by atoms with Crippen LogP contribution in [0.5, 0.6) is 0 Å². The summed E-state index contributed by atoms with van der Waals surface area (Å²) in [4.78, 5) is 63.4. The van der Waals surface area contributed by atoms with Crippen LogP contribution in [0.4, 0.5) is 13.2 Å². The van der Waals surface area contributed by atoms with E-state index in [0.29, 0.717) is 5.56 Å². The Hall–Kier alpha value is -5.06. The standard InChI is InChI=1S/C37H41F3N2O11/c1-36(2,3)53-31(45)14-12-26(19-43)42-34(47)24-9-6-7-22(15-24)18-41-33(46)25-16-28-32(51-21-50-28)29(17-25)52-35(48)27-10-5-4-8-23(27)11-13-30(44)49-20-37(38,39)40/h4-11,13,15-16,26,28-29,32,43H,12,14,17-21H2,1-3H3,(H,41,46)(H,42,47). The lowest BCUT2D eigenvalue weighted by Crippen LogP contribution is -2.43. The van der Waals surface area contributed by atoms with Crippen molar-refractivity contribution >= 4 is 35.8 Å². The highest BCUT2D eigenvalue weighted by atomic mass is 19.4. The van der Waals surface area contributed by atoms with E-state index in [4.69, 9.17) is 18.9 Å². The van der Waals surface area contributed by atoms with Crippen molar-refractivity contribution in [1.82, 2.24) is 10.6 Å². The van der Waals surface area contributed by atoms with Crippen molar-refractivity contribution in [3.63, 3.8) is 0 Å². The zero-order valence-electron chi connectivity index (χ0n) is 29.3. The number of aliphatic hydroxyl groups excluding tert-OH is 1. The van der Waals surface area contributed by atoms with Gasteiger partial charge < -0.3 is 39.4 Å². The summed E-state index contributed by atoms with van der Waals surface area (Å²) in [5, 5.41) is 15.2. The molecule has 1 fully saturated rings. The van der Waals surface area contributed by atoms with Crippen molar-refractivity contribution in [3.05, 3.63) is 88.5 Å². The van der Waals surface area contributed by atoms with E-state index in [-0.39, 0.29) is 61.5 Å². The molecular formula is C37H41F3N2O11. The Morgan fingerprint density at radius 1 is 1.02 bits per heavy atom. The van der Waals surface area contributed by atoms with E-state index in [2.05, 4.69) is 15.4 Å². The summed E-state index contributed by atoms with van der Waals surface area (Å²) >= 11 is 0. The molecule has 3 N–H and O–H groups in total. The quantitative estimate of drug-likeness (QED) is 0.145. The SMILES string of the molecule is CC(C)(C)OC(=O)CCC(CO)NC(=O)c1cccc(CNC(=O)C2=CC3OCOC3C(OC(=O)c3ccccc3C=CC(=O)OCC(F)(F)F)C2)c1. The second-order valence-corrected chi connectivity index (χ2v) is 13.2. The van der Waals surface area contributed by atoms with Gasteiger partial charge in [-0.25, -0.2) is 9.59 Å². The monoisotopic (exact) mass is 746 g/mol. The maximum Gasteiger partial charge on any atom is 0.422 e. The number of hydrogen-bond acceptors (Lipinski definition) is 11. The van der Waals surface area contributed by atoms with Crippen LogP contribution < -0.4 is 10.6 Å². The molecule has 1 aliphatic carbocycles. The number of carbonyl (C=O) groups is 5. The molecule has 53 heavy (non-hydrogen) atoms. The first-order valence-electron chi connectivity index (χ1n) is 16.7. The predicted molar refractivity (Wildman–Crippen MR) is 181 cm³/mol. The van der Waals surface area contributed by atoms with Crippen molar-refractivity contribution in [1.29, 1.82) is 0 Å². The first kappa shape index (κ1) is 40.7. The topological polar surface area (TPSA) is 176 Å². The minimum atomic E-state index is -4.69. The van der Waals surface area contributed by atoms with Gasteiger partial charge in [0.2, 0.25) is 5.91 Å². The number of fused-ring (bicyclic) bond motifs is 1. The van der Waals surface area contributed by atoms with Crippen molar-refractivity contribution in [2.75, 3.05) is 20.0 Å². The normalized spacial score (nSPS) is 19.1. The minimum absolute atomic E-state index is 0.000611. The van der Waals surface area contributed by atoms with Crippen molar-refractivity contribution < 1.29 is 65.9 Å². The summed E-state index contributed by atoms with van der Waals surface area (Å²) < 4.78 is 63.5. The van der Waals surface area contributed by atoms with Crippen LogP contribution in [0.3, 0.4) is 0 Å². The number of halogens is 3. The van der Waals surface area contributed by atoms with Gasteiger partial charge >= 0.3 is 24.1 Å². The van der Waals surface area contributed by atoms with Gasteiger partial charge in [0.05, 0.1) is 18.2 Å². The van der Waals surface area contributed by atoms with Crippen LogP contribution in [0.1, 0.15) is 71.9 Å². The van der Waals surface area contributed by atoms with E-state index < -0.39 is 72.5 Å². The molecule has 0 bridgehead atoms. The Labute approximate surface area is 303 Å². The number of rotatable bonds is 14. The van der Waals surface area contributed by atoms with Crippen LogP contribution in [0, 0.1) is 0 Å². The van der Waals surface area contributed by atoms with E-state index in [1.54, 1.807) is 57.2 Å². The fraction of sp³-hybridized carbons (Fsp3) is 0.432. The van der Waals surface area contributed by atoms with Crippen LogP contribution >= 0.6 is 0 Å². The van der Waals surface area contributed by atoms with Crippen LogP contribution in [0.2, 0.25) is 0 Å². The zero-order valence-corrected chi connectivity index (χ0v) is 29.3. The molecule has 0 radical (unpaired) electrons. The summed E-state index contributed by atoms with van der Waals surface area (Å²) in [6.45, 7) is 3.00. The zero-order chi connectivity index (χ0) is 38.8. The Kier molecular flexibility index (Phi) is 13.9. The maximum atomic E-state index is 13.3. The lowest BCUT2D eigenvalue weighted by atomic mass is 9.91. The largest absolute Gasteiger partial charge is 0.460 e. The maximum absolute atomic E-state index is 13.3. The van der Waals surface area contributed by atoms with Crippen LogP contribution in [-0.2, 0) is 44.6 Å². The van der Waals surface area contributed by atoms with Gasteiger partial charge in [-0.1, -0.05) is 30.3 Å². The molecule has 16 heteroatoms. The fourth-order valence-corrected chi connectivity index (χ4v) is 5.39. The molecule has 13 nitrogen and oxygen atoms in total. The molecule has 1 aliphatic heterocycles. The van der Waals surface area contributed by atoms with Crippen LogP contribution in [-0.4, -0.2) is 91.0 Å². The molecule has 4 rings (SSSR count). The predicted octanol–water partition coefficient (Wildman–Crippen LogP) is 3.93. The van der Waals surface area contributed by atoms with Gasteiger partial charge in [0.15, 0.2) is 6.61 Å². The summed E-state index contributed by atoms with van der Waals surface area (Å²) in [5.74, 6) is -3.51. The Balaban J connectivity index is 1.35. The third kappa shape index (κ3) is 12.8. The molecule has 0 saturated carbocycles. The van der Waals surface area contributed by atoms with Gasteiger partial charge in [-0.3, -0.25) is 14.4 Å². The highest BCUT2D eigenvalue weighted by Gasteiger charge is 2.42. The molecule has 4 unspecified atom stereocenters. The first-order chi connectivity index (χ1) is 25.0. The fourth-order valence-electron chi connectivity index (χ4n) is 5.39.